The normalized spacial score (nSPS) is 26.7. The summed E-state index contributed by atoms with van der Waals surface area (Å²) in [4.78, 5) is 27.7. The van der Waals surface area contributed by atoms with Gasteiger partial charge < -0.3 is 15.3 Å². The van der Waals surface area contributed by atoms with Crippen LogP contribution in [0.25, 0.3) is 0 Å². The van der Waals surface area contributed by atoms with Crippen LogP contribution in [0.15, 0.2) is 0 Å². The van der Waals surface area contributed by atoms with Crippen molar-refractivity contribution in [2.24, 2.45) is 0 Å². The maximum absolute atomic E-state index is 12.3. The number of hydrogen-bond acceptors (Lipinski definition) is 4. The number of β-amino-alcohol motifs (C(OH)–C–C–N with tert-alkyl or cyclic N) is 1. The third-order valence-corrected chi connectivity index (χ3v) is 4.80. The number of aliphatic hydroxyl groups is 1. The molecule has 2 aliphatic rings. The Morgan fingerprint density at radius 1 is 1.14 bits per heavy atom. The molecule has 2 rings (SSSR count). The Kier molecular flexibility index (Phi) is 6.20. The largest absolute Gasteiger partial charge is 0.389 e. The number of carbonyl (C=O) groups excluding carboxylic acids is 2. The van der Waals surface area contributed by atoms with Gasteiger partial charge in [-0.3, -0.25) is 14.5 Å². The molecule has 2 heterocycles. The van der Waals surface area contributed by atoms with E-state index in [4.69, 9.17) is 0 Å². The first-order valence-corrected chi connectivity index (χ1v) is 8.45. The SMILES string of the molecule is CNC(=O)CC[C@@]1(O)CCCN(CC(=O)N2CCCCC2)C1. The first kappa shape index (κ1) is 17.2. The lowest BCUT2D eigenvalue weighted by Gasteiger charge is -2.40. The third-order valence-electron chi connectivity index (χ3n) is 4.80. The smallest absolute Gasteiger partial charge is 0.236 e. The molecule has 0 aromatic heterocycles. The molecule has 0 aromatic carbocycles. The van der Waals surface area contributed by atoms with Crippen LogP contribution in [0.5, 0.6) is 0 Å². The number of nitrogens with zero attached hydrogens (tertiary/aromatic N) is 2. The first-order valence-electron chi connectivity index (χ1n) is 8.45. The molecular formula is C16H29N3O3. The number of rotatable bonds is 5. The molecule has 0 saturated carbocycles. The van der Waals surface area contributed by atoms with Gasteiger partial charge in [0.25, 0.3) is 0 Å². The third kappa shape index (κ3) is 4.95. The molecule has 22 heavy (non-hydrogen) atoms. The van der Waals surface area contributed by atoms with Crippen molar-refractivity contribution in [3.8, 4) is 0 Å². The Labute approximate surface area is 132 Å². The number of nitrogens with one attached hydrogen (secondary N) is 1. The Morgan fingerprint density at radius 2 is 1.86 bits per heavy atom. The minimum atomic E-state index is -0.840. The summed E-state index contributed by atoms with van der Waals surface area (Å²) in [5, 5.41) is 13.2. The lowest BCUT2D eigenvalue weighted by Crippen LogP contribution is -2.52. The van der Waals surface area contributed by atoms with Gasteiger partial charge in [0.15, 0.2) is 0 Å². The van der Waals surface area contributed by atoms with Crippen LogP contribution in [0.4, 0.5) is 0 Å². The first-order chi connectivity index (χ1) is 10.5. The summed E-state index contributed by atoms with van der Waals surface area (Å²) in [6, 6.07) is 0. The van der Waals surface area contributed by atoms with Crippen LogP contribution in [0.1, 0.15) is 44.9 Å². The van der Waals surface area contributed by atoms with Crippen LogP contribution in [0, 0.1) is 0 Å². The molecule has 0 bridgehead atoms. The molecule has 6 nitrogen and oxygen atoms in total. The molecule has 6 heteroatoms. The van der Waals surface area contributed by atoms with E-state index >= 15 is 0 Å². The molecule has 1 atom stereocenters. The van der Waals surface area contributed by atoms with E-state index in [1.807, 2.05) is 9.80 Å². The average molecular weight is 311 g/mol. The highest BCUT2D eigenvalue weighted by molar-refractivity contribution is 5.78. The van der Waals surface area contributed by atoms with Gasteiger partial charge in [-0.25, -0.2) is 0 Å². The van der Waals surface area contributed by atoms with Gasteiger partial charge in [-0.15, -0.1) is 0 Å². The zero-order chi connectivity index (χ0) is 16.0. The summed E-state index contributed by atoms with van der Waals surface area (Å²) in [5.74, 6) is 0.130. The van der Waals surface area contributed by atoms with Gasteiger partial charge in [0.1, 0.15) is 0 Å². The molecule has 0 aromatic rings. The van der Waals surface area contributed by atoms with E-state index in [2.05, 4.69) is 5.32 Å². The minimum absolute atomic E-state index is 0.0464. The number of amides is 2. The topological polar surface area (TPSA) is 72.9 Å². The van der Waals surface area contributed by atoms with E-state index in [1.165, 1.54) is 6.42 Å². The lowest BCUT2D eigenvalue weighted by atomic mass is 9.88. The van der Waals surface area contributed by atoms with Crippen LogP contribution < -0.4 is 5.32 Å². The van der Waals surface area contributed by atoms with Crippen LogP contribution in [-0.4, -0.2) is 72.1 Å². The molecular weight excluding hydrogens is 282 g/mol. The number of likely N-dealkylation sites (tertiary alicyclic amines) is 2. The summed E-state index contributed by atoms with van der Waals surface area (Å²) in [6.07, 6.45) is 5.79. The summed E-state index contributed by atoms with van der Waals surface area (Å²) in [6.45, 7) is 3.47. The molecule has 0 aliphatic carbocycles. The van der Waals surface area contributed by atoms with Crippen molar-refractivity contribution in [2.75, 3.05) is 39.8 Å². The standard InChI is InChI=1S/C16H29N3O3/c1-17-14(20)6-8-16(22)7-5-9-18(13-16)12-15(21)19-10-3-2-4-11-19/h22H,2-13H2,1H3,(H,17,20)/t16-/m0/s1. The van der Waals surface area contributed by atoms with Crippen molar-refractivity contribution < 1.29 is 14.7 Å². The Morgan fingerprint density at radius 3 is 2.55 bits per heavy atom. The second-order valence-corrected chi connectivity index (χ2v) is 6.65. The molecule has 2 fully saturated rings. The van der Waals surface area contributed by atoms with Crippen molar-refractivity contribution in [2.45, 2.75) is 50.5 Å². The van der Waals surface area contributed by atoms with Gasteiger partial charge in [-0.05, 0) is 45.1 Å². The van der Waals surface area contributed by atoms with Crippen LogP contribution >= 0.6 is 0 Å². The van der Waals surface area contributed by atoms with Gasteiger partial charge in [-0.1, -0.05) is 0 Å². The Bertz CT molecular complexity index is 396. The second-order valence-electron chi connectivity index (χ2n) is 6.65. The number of piperidine rings is 2. The van der Waals surface area contributed by atoms with Gasteiger partial charge in [0.2, 0.25) is 11.8 Å². The summed E-state index contributed by atoms with van der Waals surface area (Å²) in [7, 11) is 1.61. The van der Waals surface area contributed by atoms with Crippen molar-refractivity contribution in [3.63, 3.8) is 0 Å². The maximum atomic E-state index is 12.3. The van der Waals surface area contributed by atoms with E-state index < -0.39 is 5.60 Å². The van der Waals surface area contributed by atoms with Crippen molar-refractivity contribution in [3.05, 3.63) is 0 Å². The molecule has 2 saturated heterocycles. The highest BCUT2D eigenvalue weighted by Gasteiger charge is 2.34. The summed E-state index contributed by atoms with van der Waals surface area (Å²) in [5.41, 5.74) is -0.840. The van der Waals surface area contributed by atoms with Crippen LogP contribution in [-0.2, 0) is 9.59 Å². The van der Waals surface area contributed by atoms with E-state index in [-0.39, 0.29) is 11.8 Å². The highest BCUT2D eigenvalue weighted by Crippen LogP contribution is 2.26. The quantitative estimate of drug-likeness (QED) is 0.768. The summed E-state index contributed by atoms with van der Waals surface area (Å²) < 4.78 is 0. The van der Waals surface area contributed by atoms with E-state index in [0.29, 0.717) is 32.4 Å². The number of hydrogen-bond donors (Lipinski definition) is 2. The van der Waals surface area contributed by atoms with Gasteiger partial charge in [-0.2, -0.15) is 0 Å². The van der Waals surface area contributed by atoms with Crippen LogP contribution in [0.3, 0.4) is 0 Å². The zero-order valence-corrected chi connectivity index (χ0v) is 13.6. The Balaban J connectivity index is 1.81. The maximum Gasteiger partial charge on any atom is 0.236 e. The minimum Gasteiger partial charge on any atom is -0.389 e. The van der Waals surface area contributed by atoms with Gasteiger partial charge >= 0.3 is 0 Å². The fourth-order valence-corrected chi connectivity index (χ4v) is 3.45. The van der Waals surface area contributed by atoms with E-state index in [9.17, 15) is 14.7 Å². The molecule has 2 aliphatic heterocycles. The van der Waals surface area contributed by atoms with Gasteiger partial charge in [0.05, 0.1) is 12.1 Å². The molecule has 2 N–H and O–H groups in total. The fourth-order valence-electron chi connectivity index (χ4n) is 3.45. The predicted octanol–water partition coefficient (Wildman–Crippen LogP) is 0.352. The molecule has 2 amide bonds. The summed E-state index contributed by atoms with van der Waals surface area (Å²) >= 11 is 0. The zero-order valence-electron chi connectivity index (χ0n) is 13.6. The second kappa shape index (κ2) is 7.92. The van der Waals surface area contributed by atoms with Crippen molar-refractivity contribution >= 4 is 11.8 Å². The lowest BCUT2D eigenvalue weighted by molar-refractivity contribution is -0.135. The van der Waals surface area contributed by atoms with E-state index in [1.54, 1.807) is 7.05 Å². The molecule has 0 radical (unpaired) electrons. The predicted molar refractivity (Wildman–Crippen MR) is 84.4 cm³/mol. The average Bonchev–Trinajstić information content (AvgIpc) is 2.53. The van der Waals surface area contributed by atoms with Gasteiger partial charge in [0, 0.05) is 33.1 Å². The molecule has 0 spiro atoms. The monoisotopic (exact) mass is 311 g/mol. The Hall–Kier alpha value is -1.14. The van der Waals surface area contributed by atoms with Crippen LogP contribution in [0.2, 0.25) is 0 Å². The molecule has 0 unspecified atom stereocenters. The fraction of sp³-hybridized carbons (Fsp3) is 0.875. The molecule has 126 valence electrons. The number of carbonyl (C=O) groups is 2. The van der Waals surface area contributed by atoms with E-state index in [0.717, 1.165) is 38.9 Å². The van der Waals surface area contributed by atoms with Crippen molar-refractivity contribution in [1.82, 2.24) is 15.1 Å². The van der Waals surface area contributed by atoms with Crippen molar-refractivity contribution in [1.29, 1.82) is 0 Å². The highest BCUT2D eigenvalue weighted by atomic mass is 16.3.